The third-order valence-corrected chi connectivity index (χ3v) is 4.38. The molecule has 0 aliphatic heterocycles. The van der Waals surface area contributed by atoms with Gasteiger partial charge in [0.05, 0.1) is 28.6 Å². The molecular formula is C19H16Cl2N4. The van der Waals surface area contributed by atoms with Gasteiger partial charge >= 0.3 is 0 Å². The fraction of sp³-hybridized carbons (Fsp3) is 0.158. The highest BCUT2D eigenvalue weighted by molar-refractivity contribution is 6.50. The van der Waals surface area contributed by atoms with E-state index in [9.17, 15) is 0 Å². The van der Waals surface area contributed by atoms with Gasteiger partial charge in [0, 0.05) is 24.3 Å². The molecule has 25 heavy (non-hydrogen) atoms. The molecule has 0 fully saturated rings. The molecule has 0 radical (unpaired) electrons. The number of H-pyrrole nitrogens is 1. The maximum absolute atomic E-state index is 8.67. The lowest BCUT2D eigenvalue weighted by Gasteiger charge is -2.17. The molecular weight excluding hydrogens is 355 g/mol. The van der Waals surface area contributed by atoms with Crippen LogP contribution in [0.4, 0.5) is 5.69 Å². The number of halogens is 2. The Hall–Kier alpha value is -2.48. The first-order valence-electron chi connectivity index (χ1n) is 7.78. The molecule has 4 nitrogen and oxygen atoms in total. The number of anilines is 1. The number of imidazole rings is 1. The molecule has 0 amide bonds. The second-order valence-electron chi connectivity index (χ2n) is 5.66. The molecule has 0 unspecified atom stereocenters. The van der Waals surface area contributed by atoms with Crippen molar-refractivity contribution in [3.63, 3.8) is 0 Å². The van der Waals surface area contributed by atoms with Crippen LogP contribution in [0.3, 0.4) is 0 Å². The summed E-state index contributed by atoms with van der Waals surface area (Å²) in [5.41, 5.74) is 3.70. The lowest BCUT2D eigenvalue weighted by atomic mass is 10.2. The molecule has 1 aromatic heterocycles. The van der Waals surface area contributed by atoms with Crippen LogP contribution in [-0.4, -0.2) is 23.6 Å². The van der Waals surface area contributed by atoms with Crippen LogP contribution in [0, 0.1) is 11.3 Å². The zero-order chi connectivity index (χ0) is 17.8. The Morgan fingerprint density at radius 3 is 2.76 bits per heavy atom. The summed E-state index contributed by atoms with van der Waals surface area (Å²) in [6.07, 6.45) is 2.36. The van der Waals surface area contributed by atoms with E-state index in [1.165, 1.54) is 0 Å². The van der Waals surface area contributed by atoms with E-state index in [2.05, 4.69) is 16.0 Å². The quantitative estimate of drug-likeness (QED) is 0.662. The standard InChI is InChI=1S/C19H16Cl2N4/c1-25(10-2-9-22)15-6-3-13(4-7-15)11-16(21)19-23-17-8-5-14(20)12-18(17)24-19/h3-8,11-12H,2,10H2,1H3,(H,23,24)/b16-11-. The van der Waals surface area contributed by atoms with Crippen molar-refractivity contribution in [3.05, 3.63) is 58.9 Å². The van der Waals surface area contributed by atoms with Crippen molar-refractivity contribution in [3.8, 4) is 6.07 Å². The van der Waals surface area contributed by atoms with E-state index in [1.807, 2.05) is 54.4 Å². The van der Waals surface area contributed by atoms with E-state index in [1.54, 1.807) is 6.07 Å². The van der Waals surface area contributed by atoms with Crippen LogP contribution in [0.25, 0.3) is 22.1 Å². The van der Waals surface area contributed by atoms with Crippen molar-refractivity contribution >= 4 is 51.0 Å². The molecule has 0 aliphatic rings. The summed E-state index contributed by atoms with van der Waals surface area (Å²) < 4.78 is 0. The molecule has 0 spiro atoms. The number of benzene rings is 2. The number of hydrogen-bond acceptors (Lipinski definition) is 3. The molecule has 0 bridgehead atoms. The average Bonchev–Trinajstić information content (AvgIpc) is 3.03. The minimum absolute atomic E-state index is 0.500. The minimum Gasteiger partial charge on any atom is -0.374 e. The van der Waals surface area contributed by atoms with E-state index >= 15 is 0 Å². The Bertz CT molecular complexity index is 952. The smallest absolute Gasteiger partial charge is 0.150 e. The molecule has 1 N–H and O–H groups in total. The highest BCUT2D eigenvalue weighted by Gasteiger charge is 2.07. The maximum atomic E-state index is 8.67. The lowest BCUT2D eigenvalue weighted by molar-refractivity contribution is 0.905. The van der Waals surface area contributed by atoms with Crippen molar-refractivity contribution in [1.29, 1.82) is 5.26 Å². The van der Waals surface area contributed by atoms with Gasteiger partial charge in [0.2, 0.25) is 0 Å². The van der Waals surface area contributed by atoms with E-state index < -0.39 is 0 Å². The summed E-state index contributed by atoms with van der Waals surface area (Å²) in [5.74, 6) is 0.606. The zero-order valence-electron chi connectivity index (χ0n) is 13.6. The van der Waals surface area contributed by atoms with Crippen LogP contribution < -0.4 is 4.90 Å². The third-order valence-electron chi connectivity index (χ3n) is 3.86. The van der Waals surface area contributed by atoms with Gasteiger partial charge in [0.15, 0.2) is 0 Å². The number of nitriles is 1. The van der Waals surface area contributed by atoms with Crippen LogP contribution in [0.5, 0.6) is 0 Å². The molecule has 126 valence electrons. The van der Waals surface area contributed by atoms with Crippen LogP contribution in [-0.2, 0) is 0 Å². The van der Waals surface area contributed by atoms with Gasteiger partial charge in [-0.2, -0.15) is 5.26 Å². The van der Waals surface area contributed by atoms with Gasteiger partial charge in [0.1, 0.15) is 5.82 Å². The zero-order valence-corrected chi connectivity index (χ0v) is 15.1. The van der Waals surface area contributed by atoms with Crippen molar-refractivity contribution in [2.24, 2.45) is 0 Å². The Balaban J connectivity index is 1.80. The Labute approximate surface area is 156 Å². The number of hydrogen-bond donors (Lipinski definition) is 1. The molecule has 2 aromatic carbocycles. The average molecular weight is 371 g/mol. The molecule has 3 rings (SSSR count). The molecule has 6 heteroatoms. The summed E-state index contributed by atoms with van der Waals surface area (Å²) in [4.78, 5) is 9.69. The molecule has 0 atom stereocenters. The van der Waals surface area contributed by atoms with Crippen molar-refractivity contribution < 1.29 is 0 Å². The second kappa shape index (κ2) is 7.60. The SMILES string of the molecule is CN(CCC#N)c1ccc(/C=C(\Cl)c2nc3ccc(Cl)cc3[nH]2)cc1. The third kappa shape index (κ3) is 4.14. The largest absolute Gasteiger partial charge is 0.374 e. The lowest BCUT2D eigenvalue weighted by Crippen LogP contribution is -2.17. The Morgan fingerprint density at radius 2 is 2.04 bits per heavy atom. The summed E-state index contributed by atoms with van der Waals surface area (Å²) in [5, 5.41) is 9.84. The van der Waals surface area contributed by atoms with E-state index in [0.29, 0.717) is 28.8 Å². The predicted molar refractivity (Wildman–Crippen MR) is 105 cm³/mol. The summed E-state index contributed by atoms with van der Waals surface area (Å²) in [7, 11) is 1.97. The molecule has 0 saturated heterocycles. The van der Waals surface area contributed by atoms with E-state index in [0.717, 1.165) is 22.3 Å². The Morgan fingerprint density at radius 1 is 1.28 bits per heavy atom. The summed E-state index contributed by atoms with van der Waals surface area (Å²) in [6, 6.07) is 15.6. The van der Waals surface area contributed by atoms with E-state index in [-0.39, 0.29) is 0 Å². The van der Waals surface area contributed by atoms with Crippen LogP contribution in [0.1, 0.15) is 17.8 Å². The molecule has 1 heterocycles. The molecule has 0 aliphatic carbocycles. The van der Waals surface area contributed by atoms with Gasteiger partial charge in [-0.1, -0.05) is 35.3 Å². The Kier molecular flexibility index (Phi) is 5.28. The van der Waals surface area contributed by atoms with Crippen LogP contribution >= 0.6 is 23.2 Å². The minimum atomic E-state index is 0.500. The van der Waals surface area contributed by atoms with E-state index in [4.69, 9.17) is 28.5 Å². The van der Waals surface area contributed by atoms with Crippen molar-refractivity contribution in [2.75, 3.05) is 18.5 Å². The highest BCUT2D eigenvalue weighted by atomic mass is 35.5. The fourth-order valence-corrected chi connectivity index (χ4v) is 2.87. The first-order chi connectivity index (χ1) is 12.1. The molecule has 3 aromatic rings. The topological polar surface area (TPSA) is 55.7 Å². The second-order valence-corrected chi connectivity index (χ2v) is 6.50. The van der Waals surface area contributed by atoms with Gasteiger partial charge in [-0.15, -0.1) is 0 Å². The summed E-state index contributed by atoms with van der Waals surface area (Å²) in [6.45, 7) is 0.702. The van der Waals surface area contributed by atoms with Gasteiger partial charge in [0.25, 0.3) is 0 Å². The number of aromatic amines is 1. The number of rotatable bonds is 5. The van der Waals surface area contributed by atoms with Crippen molar-refractivity contribution in [2.45, 2.75) is 6.42 Å². The fourth-order valence-electron chi connectivity index (χ4n) is 2.48. The van der Waals surface area contributed by atoms with Crippen molar-refractivity contribution in [1.82, 2.24) is 9.97 Å². The van der Waals surface area contributed by atoms with Gasteiger partial charge < -0.3 is 9.88 Å². The van der Waals surface area contributed by atoms with Crippen LogP contribution in [0.2, 0.25) is 5.02 Å². The van der Waals surface area contributed by atoms with Gasteiger partial charge in [-0.05, 0) is 42.0 Å². The number of nitrogens with zero attached hydrogens (tertiary/aromatic N) is 3. The molecule has 0 saturated carbocycles. The number of nitrogens with one attached hydrogen (secondary N) is 1. The van der Waals surface area contributed by atoms with Gasteiger partial charge in [-0.3, -0.25) is 0 Å². The summed E-state index contributed by atoms with van der Waals surface area (Å²) >= 11 is 12.4. The highest BCUT2D eigenvalue weighted by Crippen LogP contribution is 2.25. The van der Waals surface area contributed by atoms with Gasteiger partial charge in [-0.25, -0.2) is 4.98 Å². The number of aromatic nitrogens is 2. The monoisotopic (exact) mass is 370 g/mol. The first kappa shape index (κ1) is 17.3. The van der Waals surface area contributed by atoms with Crippen LogP contribution in [0.15, 0.2) is 42.5 Å². The predicted octanol–water partition coefficient (Wildman–Crippen LogP) is 5.30. The first-order valence-corrected chi connectivity index (χ1v) is 8.53. The number of fused-ring (bicyclic) bond motifs is 1. The maximum Gasteiger partial charge on any atom is 0.150 e. The normalized spacial score (nSPS) is 11.5.